The molecule has 0 radical (unpaired) electrons. The van der Waals surface area contributed by atoms with Crippen molar-refractivity contribution in [1.82, 2.24) is 9.97 Å². The first-order valence-electron chi connectivity index (χ1n) is 10.4. The maximum absolute atomic E-state index is 13.0. The van der Waals surface area contributed by atoms with E-state index >= 15 is 0 Å². The Morgan fingerprint density at radius 3 is 2.56 bits per heavy atom. The van der Waals surface area contributed by atoms with E-state index < -0.39 is 15.8 Å². The molecule has 1 fully saturated rings. The first-order chi connectivity index (χ1) is 16.3. The maximum atomic E-state index is 13.0. The lowest BCUT2D eigenvalue weighted by molar-refractivity contribution is -0.117. The highest BCUT2D eigenvalue weighted by Gasteiger charge is 2.44. The summed E-state index contributed by atoms with van der Waals surface area (Å²) < 4.78 is 40.4. The maximum Gasteiger partial charge on any atom is 0.263 e. The van der Waals surface area contributed by atoms with Crippen molar-refractivity contribution in [3.05, 3.63) is 89.6 Å². The van der Waals surface area contributed by atoms with Crippen molar-refractivity contribution in [2.75, 3.05) is 10.0 Å². The van der Waals surface area contributed by atoms with Crippen LogP contribution in [-0.2, 0) is 14.8 Å². The van der Waals surface area contributed by atoms with Gasteiger partial charge in [-0.1, -0.05) is 29.8 Å². The number of aromatic nitrogens is 2. The van der Waals surface area contributed by atoms with Gasteiger partial charge < -0.3 is 5.32 Å². The smallest absolute Gasteiger partial charge is 0.263 e. The molecule has 1 unspecified atom stereocenters. The van der Waals surface area contributed by atoms with E-state index in [9.17, 15) is 17.6 Å². The van der Waals surface area contributed by atoms with Crippen molar-refractivity contribution in [2.45, 2.75) is 17.2 Å². The average Bonchev–Trinajstić information content (AvgIpc) is 3.62. The van der Waals surface area contributed by atoms with Gasteiger partial charge in [-0.2, -0.15) is 0 Å². The fraction of sp³-hybridized carbons (Fsp3) is 0.125. The van der Waals surface area contributed by atoms with Crippen LogP contribution >= 0.6 is 11.6 Å². The van der Waals surface area contributed by atoms with Crippen LogP contribution in [-0.4, -0.2) is 24.3 Å². The largest absolute Gasteiger partial charge is 0.326 e. The highest BCUT2D eigenvalue weighted by atomic mass is 35.5. The van der Waals surface area contributed by atoms with Gasteiger partial charge in [0.1, 0.15) is 11.6 Å². The van der Waals surface area contributed by atoms with Gasteiger partial charge >= 0.3 is 0 Å². The number of halogens is 2. The Bertz CT molecular complexity index is 1500. The molecule has 0 aliphatic heterocycles. The predicted molar refractivity (Wildman–Crippen MR) is 128 cm³/mol. The standard InChI is InChI=1S/C24H18ClFN4O3S/c25-22-13-27-11-15-1-5-17(9-20(15)22)29-24(31)21-10-19(21)14-2-6-18(7-3-14)34(32,33)30-23-8-4-16(26)12-28-23/h1-9,11-13,19,21H,10H2,(H,28,30)(H,29,31)/t19?,21-/m1/s1. The zero-order valence-corrected chi connectivity index (χ0v) is 19.1. The van der Waals surface area contributed by atoms with Gasteiger partial charge in [0, 0.05) is 34.8 Å². The van der Waals surface area contributed by atoms with Crippen molar-refractivity contribution < 1.29 is 17.6 Å². The van der Waals surface area contributed by atoms with E-state index in [-0.39, 0.29) is 28.5 Å². The zero-order chi connectivity index (χ0) is 23.9. The van der Waals surface area contributed by atoms with Crippen LogP contribution in [0, 0.1) is 11.7 Å². The molecule has 5 rings (SSSR count). The topological polar surface area (TPSA) is 101 Å². The molecule has 2 atom stereocenters. The molecule has 2 aromatic carbocycles. The van der Waals surface area contributed by atoms with E-state index in [4.69, 9.17) is 11.6 Å². The van der Waals surface area contributed by atoms with Gasteiger partial charge in [0.05, 0.1) is 16.1 Å². The number of carbonyl (C=O) groups is 1. The van der Waals surface area contributed by atoms with E-state index in [0.717, 1.165) is 28.6 Å². The quantitative estimate of drug-likeness (QED) is 0.392. The van der Waals surface area contributed by atoms with E-state index in [1.165, 1.54) is 18.2 Å². The summed E-state index contributed by atoms with van der Waals surface area (Å²) in [5.41, 5.74) is 1.53. The number of rotatable bonds is 6. The SMILES string of the molecule is O=C(Nc1ccc2cncc(Cl)c2c1)[C@@H]1CC1c1ccc(S(=O)(=O)Nc2ccc(F)cn2)cc1. The highest BCUT2D eigenvalue weighted by Crippen LogP contribution is 2.48. The Morgan fingerprint density at radius 2 is 1.82 bits per heavy atom. The fourth-order valence-corrected chi connectivity index (χ4v) is 5.05. The van der Waals surface area contributed by atoms with E-state index in [2.05, 4.69) is 20.0 Å². The van der Waals surface area contributed by atoms with Gasteiger partial charge in [0.25, 0.3) is 10.0 Å². The molecule has 0 bridgehead atoms. The first-order valence-corrected chi connectivity index (χ1v) is 12.2. The number of amides is 1. The van der Waals surface area contributed by atoms with E-state index in [1.54, 1.807) is 30.6 Å². The van der Waals surface area contributed by atoms with Gasteiger partial charge in [-0.15, -0.1) is 0 Å². The van der Waals surface area contributed by atoms with E-state index in [0.29, 0.717) is 17.1 Å². The molecule has 10 heteroatoms. The number of nitrogens with zero attached hydrogens (tertiary/aromatic N) is 2. The van der Waals surface area contributed by atoms with Crippen LogP contribution in [0.3, 0.4) is 0 Å². The van der Waals surface area contributed by atoms with Gasteiger partial charge in [-0.25, -0.2) is 17.8 Å². The van der Waals surface area contributed by atoms with Crippen molar-refractivity contribution in [3.8, 4) is 0 Å². The number of hydrogen-bond acceptors (Lipinski definition) is 5. The molecule has 1 aliphatic rings. The predicted octanol–water partition coefficient (Wildman–Crippen LogP) is 4.97. The minimum absolute atomic E-state index is 0.0109. The monoisotopic (exact) mass is 496 g/mol. The average molecular weight is 497 g/mol. The van der Waals surface area contributed by atoms with Crippen LogP contribution in [0.4, 0.5) is 15.9 Å². The van der Waals surface area contributed by atoms with Crippen LogP contribution in [0.1, 0.15) is 17.9 Å². The first kappa shape index (κ1) is 22.2. The van der Waals surface area contributed by atoms with Crippen LogP contribution in [0.25, 0.3) is 10.8 Å². The molecule has 34 heavy (non-hydrogen) atoms. The molecular weight excluding hydrogens is 479 g/mol. The summed E-state index contributed by atoms with van der Waals surface area (Å²) in [4.78, 5) is 20.5. The number of sulfonamides is 1. The summed E-state index contributed by atoms with van der Waals surface area (Å²) in [6, 6.07) is 14.2. The third-order valence-electron chi connectivity index (χ3n) is 5.69. The lowest BCUT2D eigenvalue weighted by Crippen LogP contribution is -2.15. The molecule has 0 saturated heterocycles. The van der Waals surface area contributed by atoms with Gasteiger partial charge in [-0.3, -0.25) is 14.5 Å². The Kier molecular flexibility index (Phi) is 5.66. The Balaban J connectivity index is 1.24. The number of carbonyl (C=O) groups excluding carboxylic acids is 1. The van der Waals surface area contributed by atoms with Gasteiger partial charge in [0.2, 0.25) is 5.91 Å². The summed E-state index contributed by atoms with van der Waals surface area (Å²) in [7, 11) is -3.87. The third-order valence-corrected chi connectivity index (χ3v) is 7.36. The summed E-state index contributed by atoms with van der Waals surface area (Å²) >= 11 is 6.20. The van der Waals surface area contributed by atoms with Crippen molar-refractivity contribution in [3.63, 3.8) is 0 Å². The van der Waals surface area contributed by atoms with Crippen molar-refractivity contribution >= 4 is 49.8 Å². The molecule has 1 saturated carbocycles. The lowest BCUT2D eigenvalue weighted by atomic mass is 10.1. The van der Waals surface area contributed by atoms with Crippen LogP contribution in [0.2, 0.25) is 5.02 Å². The highest BCUT2D eigenvalue weighted by molar-refractivity contribution is 7.92. The van der Waals surface area contributed by atoms with E-state index in [1.807, 2.05) is 12.1 Å². The Labute approximate surface area is 200 Å². The molecule has 0 spiro atoms. The molecule has 1 aliphatic carbocycles. The second-order valence-corrected chi connectivity index (χ2v) is 10.1. The Morgan fingerprint density at radius 1 is 1.03 bits per heavy atom. The van der Waals surface area contributed by atoms with Crippen LogP contribution < -0.4 is 10.0 Å². The second kappa shape index (κ2) is 8.66. The molecule has 2 N–H and O–H groups in total. The lowest BCUT2D eigenvalue weighted by Gasteiger charge is -2.09. The van der Waals surface area contributed by atoms with Gasteiger partial charge in [0.15, 0.2) is 0 Å². The number of nitrogens with one attached hydrogen (secondary N) is 2. The molecular formula is C24H18ClFN4O3S. The number of fused-ring (bicyclic) bond motifs is 1. The number of hydrogen-bond donors (Lipinski definition) is 2. The summed E-state index contributed by atoms with van der Waals surface area (Å²) in [5, 5.41) is 5.14. The molecule has 1 amide bonds. The van der Waals surface area contributed by atoms with Gasteiger partial charge in [-0.05, 0) is 54.3 Å². The van der Waals surface area contributed by atoms with Crippen molar-refractivity contribution in [1.29, 1.82) is 0 Å². The normalized spacial score (nSPS) is 17.4. The number of anilines is 2. The Hall–Kier alpha value is -3.56. The van der Waals surface area contributed by atoms with Crippen LogP contribution in [0.15, 0.2) is 78.1 Å². The molecule has 7 nitrogen and oxygen atoms in total. The summed E-state index contributed by atoms with van der Waals surface area (Å²) in [6.07, 6.45) is 4.87. The minimum Gasteiger partial charge on any atom is -0.326 e. The molecule has 2 aromatic heterocycles. The fourth-order valence-electron chi connectivity index (χ4n) is 3.82. The number of pyridine rings is 2. The summed E-state index contributed by atoms with van der Waals surface area (Å²) in [6.45, 7) is 0. The minimum atomic E-state index is -3.87. The summed E-state index contributed by atoms with van der Waals surface area (Å²) in [5.74, 6) is -0.827. The molecule has 2 heterocycles. The van der Waals surface area contributed by atoms with Crippen molar-refractivity contribution in [2.24, 2.45) is 5.92 Å². The number of benzene rings is 2. The molecule has 4 aromatic rings. The second-order valence-electron chi connectivity index (χ2n) is 8.03. The zero-order valence-electron chi connectivity index (χ0n) is 17.6. The molecule has 172 valence electrons. The third kappa shape index (κ3) is 4.57. The van der Waals surface area contributed by atoms with Crippen LogP contribution in [0.5, 0.6) is 0 Å².